The Morgan fingerprint density at radius 1 is 0.974 bits per heavy atom. The molecule has 3 unspecified atom stereocenters. The summed E-state index contributed by atoms with van der Waals surface area (Å²) in [6, 6.07) is 24.8. The van der Waals surface area contributed by atoms with E-state index >= 15 is 0 Å². The smallest absolute Gasteiger partial charge is 0.309 e. The molecule has 3 heteroatoms. The largest absolute Gasteiger partial charge is 0.481 e. The molecule has 3 aliphatic rings. The standard InChI is InChI=1S/C36H39NO2/c1-24-11-15-26(16-12-24)28-19-18-27-17-13-25(23-31(27)30-8-6-7-29(28)30)14-20-34-36(2,3)32-9-4-5-10-33(32)37(34)22-21-35(38)39/h4-5,9-17,20,23,28-30H,6-8,18-19,21-22H2,1-3H3/p+1. The highest BCUT2D eigenvalue weighted by Crippen LogP contribution is 2.52. The van der Waals surface area contributed by atoms with Crippen LogP contribution in [-0.4, -0.2) is 27.9 Å². The number of carbonyl (C=O) groups is 1. The molecule has 1 aliphatic heterocycles. The van der Waals surface area contributed by atoms with Crippen LogP contribution in [0.1, 0.15) is 91.2 Å². The molecule has 200 valence electrons. The Kier molecular flexibility index (Phi) is 6.79. The highest BCUT2D eigenvalue weighted by Gasteiger charge is 2.44. The summed E-state index contributed by atoms with van der Waals surface area (Å²) in [7, 11) is 0. The minimum Gasteiger partial charge on any atom is -0.481 e. The maximum absolute atomic E-state index is 11.4. The Bertz CT molecular complexity index is 1460. The Labute approximate surface area is 232 Å². The second-order valence-electron chi connectivity index (χ2n) is 12.4. The van der Waals surface area contributed by atoms with Crippen LogP contribution in [0.5, 0.6) is 0 Å². The summed E-state index contributed by atoms with van der Waals surface area (Å²) in [5.74, 6) is 1.23. The number of carboxylic acid groups (broad SMARTS) is 1. The van der Waals surface area contributed by atoms with Crippen LogP contribution >= 0.6 is 0 Å². The van der Waals surface area contributed by atoms with E-state index in [0.717, 1.165) is 23.7 Å². The molecule has 6 rings (SSSR count). The molecule has 0 aromatic heterocycles. The van der Waals surface area contributed by atoms with E-state index in [0.29, 0.717) is 18.4 Å². The van der Waals surface area contributed by atoms with Gasteiger partial charge in [0.2, 0.25) is 5.69 Å². The van der Waals surface area contributed by atoms with Crippen molar-refractivity contribution in [2.24, 2.45) is 5.92 Å². The topological polar surface area (TPSA) is 40.3 Å². The maximum atomic E-state index is 11.4. The maximum Gasteiger partial charge on any atom is 0.309 e. The van der Waals surface area contributed by atoms with Gasteiger partial charge in [0, 0.05) is 17.7 Å². The first-order valence-electron chi connectivity index (χ1n) is 14.7. The van der Waals surface area contributed by atoms with E-state index in [2.05, 4.69) is 98.2 Å². The second-order valence-corrected chi connectivity index (χ2v) is 12.4. The van der Waals surface area contributed by atoms with Crippen molar-refractivity contribution in [1.82, 2.24) is 0 Å². The number of hydrogen-bond donors (Lipinski definition) is 1. The molecule has 3 nitrogen and oxygen atoms in total. The van der Waals surface area contributed by atoms with Gasteiger partial charge in [-0.1, -0.05) is 72.6 Å². The van der Waals surface area contributed by atoms with Crippen LogP contribution in [0, 0.1) is 12.8 Å². The zero-order valence-electron chi connectivity index (χ0n) is 23.5. The number of benzene rings is 3. The predicted molar refractivity (Wildman–Crippen MR) is 159 cm³/mol. The Morgan fingerprint density at radius 3 is 2.56 bits per heavy atom. The van der Waals surface area contributed by atoms with Gasteiger partial charge in [-0.05, 0) is 92.5 Å². The van der Waals surface area contributed by atoms with Crippen LogP contribution in [0.15, 0.2) is 72.8 Å². The summed E-state index contributed by atoms with van der Waals surface area (Å²) in [5.41, 5.74) is 10.6. The molecule has 0 saturated heterocycles. The molecule has 0 amide bonds. The van der Waals surface area contributed by atoms with Crippen LogP contribution in [0.4, 0.5) is 5.69 Å². The Morgan fingerprint density at radius 2 is 1.77 bits per heavy atom. The van der Waals surface area contributed by atoms with Crippen molar-refractivity contribution in [3.8, 4) is 0 Å². The molecule has 3 aromatic rings. The fourth-order valence-corrected chi connectivity index (χ4v) is 7.66. The van der Waals surface area contributed by atoms with Crippen molar-refractivity contribution in [1.29, 1.82) is 0 Å². The molecular formula is C36H40NO2+. The normalized spacial score (nSPS) is 23.4. The van der Waals surface area contributed by atoms with Crippen LogP contribution < -0.4 is 0 Å². The number of allylic oxidation sites excluding steroid dienone is 1. The number of hydrogen-bond acceptors (Lipinski definition) is 1. The quantitative estimate of drug-likeness (QED) is 0.334. The number of para-hydroxylation sites is 1. The zero-order chi connectivity index (χ0) is 27.1. The van der Waals surface area contributed by atoms with Gasteiger partial charge in [-0.15, -0.1) is 0 Å². The summed E-state index contributed by atoms with van der Waals surface area (Å²) in [6.07, 6.45) is 10.9. The molecule has 1 saturated carbocycles. The van der Waals surface area contributed by atoms with Crippen LogP contribution in [0.25, 0.3) is 6.08 Å². The van der Waals surface area contributed by atoms with Crippen LogP contribution in [-0.2, 0) is 16.6 Å². The van der Waals surface area contributed by atoms with Gasteiger partial charge in [-0.2, -0.15) is 4.58 Å². The van der Waals surface area contributed by atoms with Gasteiger partial charge in [0.15, 0.2) is 12.3 Å². The van der Waals surface area contributed by atoms with Gasteiger partial charge in [0.1, 0.15) is 6.42 Å². The summed E-state index contributed by atoms with van der Waals surface area (Å²) < 4.78 is 2.21. The number of aryl methyl sites for hydroxylation is 2. The highest BCUT2D eigenvalue weighted by atomic mass is 16.4. The number of nitrogens with zero attached hydrogens (tertiary/aromatic N) is 1. The lowest BCUT2D eigenvalue weighted by Crippen LogP contribution is -2.28. The van der Waals surface area contributed by atoms with Gasteiger partial charge in [-0.3, -0.25) is 4.79 Å². The Balaban J connectivity index is 1.33. The second kappa shape index (κ2) is 10.3. The third-order valence-electron chi connectivity index (χ3n) is 9.67. The van der Waals surface area contributed by atoms with E-state index in [1.807, 2.05) is 6.07 Å². The van der Waals surface area contributed by atoms with E-state index in [1.165, 1.54) is 53.5 Å². The molecule has 3 aromatic carbocycles. The molecule has 2 aliphatic carbocycles. The molecule has 3 atom stereocenters. The average Bonchev–Trinajstić information content (AvgIpc) is 3.44. The fraction of sp³-hybridized carbons (Fsp3) is 0.389. The van der Waals surface area contributed by atoms with Gasteiger partial charge in [-0.25, -0.2) is 0 Å². The van der Waals surface area contributed by atoms with Gasteiger partial charge >= 0.3 is 5.97 Å². The van der Waals surface area contributed by atoms with Crippen molar-refractivity contribution in [3.05, 3.63) is 106 Å². The predicted octanol–water partition coefficient (Wildman–Crippen LogP) is 8.17. The van der Waals surface area contributed by atoms with E-state index in [-0.39, 0.29) is 11.8 Å². The van der Waals surface area contributed by atoms with Crippen molar-refractivity contribution >= 4 is 23.4 Å². The van der Waals surface area contributed by atoms with E-state index in [4.69, 9.17) is 0 Å². The monoisotopic (exact) mass is 518 g/mol. The summed E-state index contributed by atoms with van der Waals surface area (Å²) in [4.78, 5) is 11.4. The lowest BCUT2D eigenvalue weighted by Gasteiger charge is -2.27. The lowest BCUT2D eigenvalue weighted by molar-refractivity contribution is -0.436. The van der Waals surface area contributed by atoms with E-state index in [9.17, 15) is 9.90 Å². The van der Waals surface area contributed by atoms with Crippen molar-refractivity contribution in [3.63, 3.8) is 0 Å². The van der Waals surface area contributed by atoms with Crippen molar-refractivity contribution in [2.75, 3.05) is 6.54 Å². The number of aliphatic carboxylic acids is 1. The SMILES string of the molecule is Cc1ccc(C2CCc3ccc(C=CC4=[N+](CCC(=O)O)c5ccccc5C4(C)C)cc3C3CCCC23)cc1. The minimum absolute atomic E-state index is 0.117. The van der Waals surface area contributed by atoms with Gasteiger partial charge in [0.05, 0.1) is 5.41 Å². The molecule has 0 radical (unpaired) electrons. The third-order valence-corrected chi connectivity index (χ3v) is 9.67. The number of rotatable bonds is 6. The fourth-order valence-electron chi connectivity index (χ4n) is 7.66. The molecule has 0 bridgehead atoms. The number of carboxylic acids is 1. The summed E-state index contributed by atoms with van der Waals surface area (Å²) in [6.45, 7) is 7.15. The molecule has 0 spiro atoms. The van der Waals surface area contributed by atoms with Crippen molar-refractivity contribution in [2.45, 2.75) is 76.5 Å². The zero-order valence-corrected chi connectivity index (χ0v) is 23.5. The first-order valence-corrected chi connectivity index (χ1v) is 14.7. The van der Waals surface area contributed by atoms with Crippen LogP contribution in [0.2, 0.25) is 0 Å². The highest BCUT2D eigenvalue weighted by molar-refractivity contribution is 6.05. The minimum atomic E-state index is -0.763. The first kappa shape index (κ1) is 25.8. The van der Waals surface area contributed by atoms with E-state index in [1.54, 1.807) is 5.56 Å². The van der Waals surface area contributed by atoms with Gasteiger partial charge in [0.25, 0.3) is 0 Å². The van der Waals surface area contributed by atoms with Gasteiger partial charge < -0.3 is 5.11 Å². The molecule has 1 heterocycles. The lowest BCUT2D eigenvalue weighted by atomic mass is 9.77. The van der Waals surface area contributed by atoms with Crippen LogP contribution in [0.3, 0.4) is 0 Å². The summed E-state index contributed by atoms with van der Waals surface area (Å²) in [5, 5.41) is 9.41. The van der Waals surface area contributed by atoms with E-state index < -0.39 is 5.97 Å². The first-order chi connectivity index (χ1) is 18.8. The molecular weight excluding hydrogens is 478 g/mol. The Hall–Kier alpha value is -3.46. The molecule has 39 heavy (non-hydrogen) atoms. The number of fused-ring (bicyclic) bond motifs is 4. The third kappa shape index (κ3) is 4.77. The average molecular weight is 519 g/mol. The summed E-state index contributed by atoms with van der Waals surface area (Å²) >= 11 is 0. The van der Waals surface area contributed by atoms with Crippen molar-refractivity contribution < 1.29 is 14.5 Å². The molecule has 1 N–H and O–H groups in total. The molecule has 1 fully saturated rings.